The Balaban J connectivity index is 1.21. The first-order valence-electron chi connectivity index (χ1n) is 11.5. The number of likely N-dealkylation sites (N-methyl/N-ethyl adjacent to an activating group) is 1. The molecule has 35 heavy (non-hydrogen) atoms. The molecule has 1 saturated heterocycles. The number of hydrogen-bond acceptors (Lipinski definition) is 6. The SMILES string of the molecule is CN1C(=O)C(NC(=O)c2ncn(Cc3ccccc3)n2)CCn2nc(CN3CCC(F)(F)C3)cc21. The van der Waals surface area contributed by atoms with Gasteiger partial charge in [-0.05, 0) is 12.0 Å². The number of carbonyl (C=O) groups excluding carboxylic acids is 2. The van der Waals surface area contributed by atoms with Gasteiger partial charge in [0.15, 0.2) is 0 Å². The molecule has 1 fully saturated rings. The molecule has 184 valence electrons. The number of hydrogen-bond donors (Lipinski definition) is 1. The Hall–Kier alpha value is -3.67. The van der Waals surface area contributed by atoms with Crippen molar-refractivity contribution in [2.24, 2.45) is 0 Å². The van der Waals surface area contributed by atoms with Gasteiger partial charge >= 0.3 is 0 Å². The minimum absolute atomic E-state index is 0.0110. The molecule has 2 aliphatic rings. The molecule has 3 aromatic rings. The molecule has 1 unspecified atom stereocenters. The van der Waals surface area contributed by atoms with Crippen LogP contribution in [0.3, 0.4) is 0 Å². The van der Waals surface area contributed by atoms with Crippen LogP contribution in [-0.4, -0.2) is 73.4 Å². The topological polar surface area (TPSA) is 101 Å². The first-order valence-corrected chi connectivity index (χ1v) is 11.5. The number of aryl methyl sites for hydroxylation is 1. The van der Waals surface area contributed by atoms with Crippen molar-refractivity contribution in [1.82, 2.24) is 34.8 Å². The van der Waals surface area contributed by atoms with Gasteiger partial charge in [0.05, 0.1) is 18.8 Å². The van der Waals surface area contributed by atoms with Crippen LogP contribution in [0.15, 0.2) is 42.7 Å². The van der Waals surface area contributed by atoms with E-state index in [2.05, 4.69) is 20.5 Å². The first-order chi connectivity index (χ1) is 16.8. The fraction of sp³-hybridized carbons (Fsp3) is 0.435. The highest BCUT2D eigenvalue weighted by molar-refractivity contribution is 6.00. The van der Waals surface area contributed by atoms with Crippen molar-refractivity contribution < 1.29 is 18.4 Å². The Bertz CT molecular complexity index is 1230. The van der Waals surface area contributed by atoms with E-state index in [4.69, 9.17) is 0 Å². The van der Waals surface area contributed by atoms with Crippen molar-refractivity contribution >= 4 is 17.6 Å². The van der Waals surface area contributed by atoms with Crippen molar-refractivity contribution in [3.63, 3.8) is 0 Å². The number of likely N-dealkylation sites (tertiary alicyclic amines) is 1. The third kappa shape index (κ3) is 5.06. The van der Waals surface area contributed by atoms with Crippen LogP contribution in [0.4, 0.5) is 14.6 Å². The van der Waals surface area contributed by atoms with Gasteiger partial charge in [0.1, 0.15) is 18.2 Å². The summed E-state index contributed by atoms with van der Waals surface area (Å²) in [6.07, 6.45) is 1.66. The number of nitrogens with one attached hydrogen (secondary N) is 1. The monoisotopic (exact) mass is 484 g/mol. The molecule has 0 aliphatic carbocycles. The van der Waals surface area contributed by atoms with Crippen molar-refractivity contribution in [2.45, 2.75) is 44.4 Å². The van der Waals surface area contributed by atoms with Gasteiger partial charge in [0.25, 0.3) is 17.7 Å². The molecule has 12 heteroatoms. The van der Waals surface area contributed by atoms with Crippen LogP contribution in [0.2, 0.25) is 0 Å². The summed E-state index contributed by atoms with van der Waals surface area (Å²) in [6.45, 7) is 1.20. The predicted molar refractivity (Wildman–Crippen MR) is 122 cm³/mol. The van der Waals surface area contributed by atoms with E-state index in [9.17, 15) is 18.4 Å². The van der Waals surface area contributed by atoms with Crippen molar-refractivity contribution in [3.05, 3.63) is 59.8 Å². The molecule has 10 nitrogen and oxygen atoms in total. The van der Waals surface area contributed by atoms with Crippen LogP contribution < -0.4 is 10.2 Å². The second-order valence-corrected chi connectivity index (χ2v) is 9.00. The summed E-state index contributed by atoms with van der Waals surface area (Å²) in [4.78, 5) is 33.0. The molecule has 2 aromatic heterocycles. The lowest BCUT2D eigenvalue weighted by atomic mass is 10.2. The summed E-state index contributed by atoms with van der Waals surface area (Å²) in [5.74, 6) is -2.93. The summed E-state index contributed by atoms with van der Waals surface area (Å²) >= 11 is 0. The first kappa shape index (κ1) is 23.1. The predicted octanol–water partition coefficient (Wildman–Crippen LogP) is 1.53. The normalized spacial score (nSPS) is 20.0. The lowest BCUT2D eigenvalue weighted by Gasteiger charge is -2.20. The van der Waals surface area contributed by atoms with Crippen molar-refractivity contribution in [2.75, 3.05) is 25.0 Å². The van der Waals surface area contributed by atoms with E-state index >= 15 is 0 Å². The van der Waals surface area contributed by atoms with Crippen molar-refractivity contribution in [1.29, 1.82) is 0 Å². The van der Waals surface area contributed by atoms with Gasteiger partial charge in [-0.2, -0.15) is 5.10 Å². The Morgan fingerprint density at radius 3 is 2.71 bits per heavy atom. The molecule has 2 amide bonds. The molecule has 0 radical (unpaired) electrons. The number of anilines is 1. The fourth-order valence-corrected chi connectivity index (χ4v) is 4.47. The smallest absolute Gasteiger partial charge is 0.291 e. The van der Waals surface area contributed by atoms with E-state index < -0.39 is 17.9 Å². The Kier molecular flexibility index (Phi) is 6.05. The Morgan fingerprint density at radius 2 is 1.97 bits per heavy atom. The van der Waals surface area contributed by atoms with E-state index in [1.54, 1.807) is 27.4 Å². The number of benzene rings is 1. The lowest BCUT2D eigenvalue weighted by Crippen LogP contribution is -2.47. The standard InChI is InChI=1S/C23H26F2N8O2/c1-30-19-11-17(13-31-10-8-23(24,25)14-31)28-33(19)9-7-18(22(30)35)27-21(34)20-26-15-32(29-20)12-16-5-3-2-4-6-16/h2-6,11,15,18H,7-10,12-14H2,1H3,(H,27,34). The molecule has 4 heterocycles. The van der Waals surface area contributed by atoms with E-state index in [0.29, 0.717) is 44.1 Å². The van der Waals surface area contributed by atoms with Crippen LogP contribution in [0, 0.1) is 0 Å². The molecule has 1 N–H and O–H groups in total. The van der Waals surface area contributed by atoms with Gasteiger partial charge in [-0.1, -0.05) is 30.3 Å². The second kappa shape index (κ2) is 9.17. The van der Waals surface area contributed by atoms with E-state index in [1.165, 1.54) is 11.2 Å². The van der Waals surface area contributed by atoms with E-state index in [-0.39, 0.29) is 24.7 Å². The third-order valence-electron chi connectivity index (χ3n) is 6.28. The highest BCUT2D eigenvalue weighted by Crippen LogP contribution is 2.29. The van der Waals surface area contributed by atoms with E-state index in [0.717, 1.165) is 5.56 Å². The van der Waals surface area contributed by atoms with Gasteiger partial charge in [-0.3, -0.25) is 19.4 Å². The number of halogens is 2. The Labute approximate surface area is 200 Å². The maximum atomic E-state index is 13.5. The average molecular weight is 485 g/mol. The molecular formula is C23H26F2N8O2. The zero-order chi connectivity index (χ0) is 24.6. The molecular weight excluding hydrogens is 458 g/mol. The zero-order valence-corrected chi connectivity index (χ0v) is 19.3. The summed E-state index contributed by atoms with van der Waals surface area (Å²) < 4.78 is 30.2. The molecule has 5 rings (SSSR count). The van der Waals surface area contributed by atoms with Crippen LogP contribution in [-0.2, 0) is 24.4 Å². The second-order valence-electron chi connectivity index (χ2n) is 9.00. The molecule has 1 atom stereocenters. The summed E-state index contributed by atoms with van der Waals surface area (Å²) in [5, 5.41) is 11.5. The quantitative estimate of drug-likeness (QED) is 0.570. The Morgan fingerprint density at radius 1 is 1.17 bits per heavy atom. The number of fused-ring (bicyclic) bond motifs is 1. The summed E-state index contributed by atoms with van der Waals surface area (Å²) in [7, 11) is 1.61. The number of nitrogens with zero attached hydrogens (tertiary/aromatic N) is 7. The van der Waals surface area contributed by atoms with Gasteiger partial charge in [0, 0.05) is 39.2 Å². The number of rotatable bonds is 6. The van der Waals surface area contributed by atoms with Crippen LogP contribution in [0.5, 0.6) is 0 Å². The highest BCUT2D eigenvalue weighted by Gasteiger charge is 2.38. The van der Waals surface area contributed by atoms with Crippen LogP contribution >= 0.6 is 0 Å². The van der Waals surface area contributed by atoms with E-state index in [1.807, 2.05) is 30.3 Å². The molecule has 1 aromatic carbocycles. The van der Waals surface area contributed by atoms with Crippen LogP contribution in [0.1, 0.15) is 34.7 Å². The summed E-state index contributed by atoms with van der Waals surface area (Å²) in [5.41, 5.74) is 1.66. The maximum Gasteiger partial charge on any atom is 0.291 e. The lowest BCUT2D eigenvalue weighted by molar-refractivity contribution is -0.120. The van der Waals surface area contributed by atoms with Gasteiger partial charge < -0.3 is 5.32 Å². The third-order valence-corrected chi connectivity index (χ3v) is 6.28. The highest BCUT2D eigenvalue weighted by atomic mass is 19.3. The molecule has 0 bridgehead atoms. The molecule has 0 spiro atoms. The minimum atomic E-state index is -2.67. The van der Waals surface area contributed by atoms with Gasteiger partial charge in [-0.15, -0.1) is 5.10 Å². The van der Waals surface area contributed by atoms with Gasteiger partial charge in [0.2, 0.25) is 5.82 Å². The van der Waals surface area contributed by atoms with Crippen LogP contribution in [0.25, 0.3) is 0 Å². The number of amides is 2. The number of alkyl halides is 2. The summed E-state index contributed by atoms with van der Waals surface area (Å²) in [6, 6.07) is 10.7. The number of aromatic nitrogens is 5. The molecule has 0 saturated carbocycles. The minimum Gasteiger partial charge on any atom is -0.337 e. The molecule has 2 aliphatic heterocycles. The maximum absolute atomic E-state index is 13.5. The average Bonchev–Trinajstić information content (AvgIpc) is 3.53. The number of carbonyl (C=O) groups is 2. The largest absolute Gasteiger partial charge is 0.337 e. The van der Waals surface area contributed by atoms with Gasteiger partial charge in [-0.25, -0.2) is 23.1 Å². The van der Waals surface area contributed by atoms with Crippen molar-refractivity contribution in [3.8, 4) is 0 Å². The zero-order valence-electron chi connectivity index (χ0n) is 19.3. The fourth-order valence-electron chi connectivity index (χ4n) is 4.47.